The van der Waals surface area contributed by atoms with E-state index in [0.717, 1.165) is 31.8 Å². The first-order valence-electron chi connectivity index (χ1n) is 7.78. The minimum absolute atomic E-state index is 0.251. The number of rotatable bonds is 3. The van der Waals surface area contributed by atoms with Crippen LogP contribution in [0.25, 0.3) is 0 Å². The summed E-state index contributed by atoms with van der Waals surface area (Å²) in [6.07, 6.45) is 8.15. The largest absolute Gasteiger partial charge is 0.343 e. The minimum Gasteiger partial charge on any atom is -0.343 e. The van der Waals surface area contributed by atoms with Gasteiger partial charge in [0.25, 0.3) is 0 Å². The van der Waals surface area contributed by atoms with Gasteiger partial charge in [-0.1, -0.05) is 31.3 Å². The van der Waals surface area contributed by atoms with Gasteiger partial charge in [-0.2, -0.15) is 4.98 Å². The molecule has 1 saturated heterocycles. The predicted octanol–water partition coefficient (Wildman–Crippen LogP) is 2.60. The summed E-state index contributed by atoms with van der Waals surface area (Å²) in [5.41, 5.74) is 0. The molecule has 1 saturated carbocycles. The average Bonchev–Trinajstić information content (AvgIpc) is 3.11. The molecule has 1 aromatic rings. The van der Waals surface area contributed by atoms with Gasteiger partial charge in [0.2, 0.25) is 12.3 Å². The Morgan fingerprint density at radius 2 is 2.25 bits per heavy atom. The number of hydrogen-bond acceptors (Lipinski definition) is 4. The summed E-state index contributed by atoms with van der Waals surface area (Å²) in [5, 5.41) is 3.90. The van der Waals surface area contributed by atoms with Crippen LogP contribution in [0.15, 0.2) is 10.9 Å². The lowest BCUT2D eigenvalue weighted by Gasteiger charge is -2.29. The van der Waals surface area contributed by atoms with Crippen LogP contribution in [0, 0.1) is 11.8 Å². The number of aromatic nitrogens is 2. The molecule has 2 heterocycles. The fourth-order valence-electron chi connectivity index (χ4n) is 3.61. The molecule has 1 aliphatic carbocycles. The van der Waals surface area contributed by atoms with Gasteiger partial charge in [0.1, 0.15) is 0 Å². The molecule has 0 N–H and O–H groups in total. The molecule has 5 nitrogen and oxygen atoms in total. The lowest BCUT2D eigenvalue weighted by atomic mass is 9.78. The first-order valence-corrected chi connectivity index (χ1v) is 7.78. The Morgan fingerprint density at radius 3 is 3.00 bits per heavy atom. The predicted molar refractivity (Wildman–Crippen MR) is 74.0 cm³/mol. The Morgan fingerprint density at radius 1 is 1.40 bits per heavy atom. The number of hydrogen-bond donors (Lipinski definition) is 0. The van der Waals surface area contributed by atoms with E-state index < -0.39 is 0 Å². The second kappa shape index (κ2) is 5.94. The van der Waals surface area contributed by atoms with E-state index in [9.17, 15) is 4.79 Å². The zero-order valence-electron chi connectivity index (χ0n) is 12.1. The Balaban J connectivity index is 1.53. The van der Waals surface area contributed by atoms with Gasteiger partial charge in [-0.05, 0) is 24.7 Å². The van der Waals surface area contributed by atoms with E-state index in [1.807, 2.05) is 4.90 Å². The molecule has 3 rings (SSSR count). The van der Waals surface area contributed by atoms with Crippen molar-refractivity contribution in [2.75, 3.05) is 13.1 Å². The normalized spacial score (nSPS) is 30.6. The number of likely N-dealkylation sites (tertiary alicyclic amines) is 1. The molecule has 2 aliphatic rings. The maximum atomic E-state index is 12.4. The molecule has 20 heavy (non-hydrogen) atoms. The highest BCUT2D eigenvalue weighted by atomic mass is 16.5. The van der Waals surface area contributed by atoms with Crippen LogP contribution in [-0.4, -0.2) is 34.0 Å². The fourth-order valence-corrected chi connectivity index (χ4v) is 3.61. The van der Waals surface area contributed by atoms with Crippen LogP contribution in [0.4, 0.5) is 0 Å². The average molecular weight is 277 g/mol. The van der Waals surface area contributed by atoms with Gasteiger partial charge in [-0.3, -0.25) is 4.79 Å². The highest BCUT2D eigenvalue weighted by Crippen LogP contribution is 2.33. The van der Waals surface area contributed by atoms with Crippen molar-refractivity contribution in [1.82, 2.24) is 15.0 Å². The molecule has 3 atom stereocenters. The molecule has 0 spiro atoms. The Labute approximate surface area is 119 Å². The van der Waals surface area contributed by atoms with E-state index in [2.05, 4.69) is 17.1 Å². The third kappa shape index (κ3) is 2.86. The Hall–Kier alpha value is -1.39. The second-order valence-electron chi connectivity index (χ2n) is 6.34. The second-order valence-corrected chi connectivity index (χ2v) is 6.34. The van der Waals surface area contributed by atoms with E-state index in [0.29, 0.717) is 17.7 Å². The topological polar surface area (TPSA) is 59.2 Å². The highest BCUT2D eigenvalue weighted by Gasteiger charge is 2.32. The van der Waals surface area contributed by atoms with Gasteiger partial charge in [-0.25, -0.2) is 0 Å². The lowest BCUT2D eigenvalue weighted by Crippen LogP contribution is -2.32. The van der Waals surface area contributed by atoms with Crippen molar-refractivity contribution in [3.63, 3.8) is 0 Å². The van der Waals surface area contributed by atoms with Crippen LogP contribution >= 0.6 is 0 Å². The molecule has 1 aliphatic heterocycles. The van der Waals surface area contributed by atoms with Gasteiger partial charge in [0, 0.05) is 25.4 Å². The molecule has 2 fully saturated rings. The Kier molecular flexibility index (Phi) is 4.03. The number of carbonyl (C=O) groups excluding carboxylic acids is 1. The van der Waals surface area contributed by atoms with Crippen LogP contribution in [-0.2, 0) is 4.79 Å². The quantitative estimate of drug-likeness (QED) is 0.852. The lowest BCUT2D eigenvalue weighted by molar-refractivity contribution is -0.131. The highest BCUT2D eigenvalue weighted by molar-refractivity contribution is 5.76. The summed E-state index contributed by atoms with van der Waals surface area (Å²) >= 11 is 0. The molecule has 0 aromatic carbocycles. The smallest absolute Gasteiger partial charge is 0.222 e. The molecule has 110 valence electrons. The zero-order valence-corrected chi connectivity index (χ0v) is 12.1. The van der Waals surface area contributed by atoms with Crippen LogP contribution in [0.2, 0.25) is 0 Å². The Bertz CT molecular complexity index is 446. The summed E-state index contributed by atoms with van der Waals surface area (Å²) < 4.78 is 4.79. The van der Waals surface area contributed by atoms with Crippen LogP contribution in [0.1, 0.15) is 57.2 Å². The summed E-state index contributed by atoms with van der Waals surface area (Å²) in [5.74, 6) is 2.59. The van der Waals surface area contributed by atoms with E-state index in [1.165, 1.54) is 32.1 Å². The molecule has 1 aromatic heterocycles. The van der Waals surface area contributed by atoms with Crippen molar-refractivity contribution in [3.8, 4) is 0 Å². The first-order chi connectivity index (χ1) is 9.74. The third-order valence-electron chi connectivity index (χ3n) is 5.01. The van der Waals surface area contributed by atoms with Crippen molar-refractivity contribution in [2.45, 2.75) is 51.4 Å². The van der Waals surface area contributed by atoms with Gasteiger partial charge in [-0.15, -0.1) is 0 Å². The maximum Gasteiger partial charge on any atom is 0.222 e. The maximum absolute atomic E-state index is 12.4. The molecule has 5 heteroatoms. The van der Waals surface area contributed by atoms with Gasteiger partial charge >= 0.3 is 0 Å². The molecule has 1 amide bonds. The molecule has 3 unspecified atom stereocenters. The van der Waals surface area contributed by atoms with E-state index in [1.54, 1.807) is 0 Å². The van der Waals surface area contributed by atoms with E-state index in [4.69, 9.17) is 4.52 Å². The summed E-state index contributed by atoms with van der Waals surface area (Å²) in [6.45, 7) is 3.88. The van der Waals surface area contributed by atoms with Gasteiger partial charge < -0.3 is 9.42 Å². The van der Waals surface area contributed by atoms with Gasteiger partial charge in [0.15, 0.2) is 5.82 Å². The zero-order chi connectivity index (χ0) is 13.9. The SMILES string of the molecule is CC1CCCCC1CC(=O)N1CCC(c2ncon2)C1. The molecular formula is C15H23N3O2. The number of amides is 1. The minimum atomic E-state index is 0.251. The summed E-state index contributed by atoms with van der Waals surface area (Å²) in [4.78, 5) is 18.5. The molecular weight excluding hydrogens is 254 g/mol. The standard InChI is InChI=1S/C15H23N3O2/c1-11-4-2-3-5-12(11)8-14(19)18-7-6-13(9-18)15-16-10-20-17-15/h10-13H,2-9H2,1H3. The number of nitrogens with zero attached hydrogens (tertiary/aromatic N) is 3. The van der Waals surface area contributed by atoms with Crippen molar-refractivity contribution in [2.24, 2.45) is 11.8 Å². The van der Waals surface area contributed by atoms with Crippen LogP contribution < -0.4 is 0 Å². The summed E-state index contributed by atoms with van der Waals surface area (Å²) in [7, 11) is 0. The number of carbonyl (C=O) groups is 1. The third-order valence-corrected chi connectivity index (χ3v) is 5.01. The van der Waals surface area contributed by atoms with Crippen molar-refractivity contribution < 1.29 is 9.32 Å². The van der Waals surface area contributed by atoms with Crippen molar-refractivity contribution in [1.29, 1.82) is 0 Å². The van der Waals surface area contributed by atoms with E-state index in [-0.39, 0.29) is 5.92 Å². The van der Waals surface area contributed by atoms with Crippen LogP contribution in [0.3, 0.4) is 0 Å². The monoisotopic (exact) mass is 277 g/mol. The van der Waals surface area contributed by atoms with E-state index >= 15 is 0 Å². The van der Waals surface area contributed by atoms with Crippen molar-refractivity contribution in [3.05, 3.63) is 12.2 Å². The molecule has 0 bridgehead atoms. The fraction of sp³-hybridized carbons (Fsp3) is 0.800. The van der Waals surface area contributed by atoms with Crippen molar-refractivity contribution >= 4 is 5.91 Å². The first kappa shape index (κ1) is 13.6. The summed E-state index contributed by atoms with van der Waals surface area (Å²) in [6, 6.07) is 0. The van der Waals surface area contributed by atoms with Gasteiger partial charge in [0.05, 0.1) is 0 Å². The molecule has 0 radical (unpaired) electrons. The van der Waals surface area contributed by atoms with Crippen LogP contribution in [0.5, 0.6) is 0 Å².